The number of amides is 1. The first-order valence-electron chi connectivity index (χ1n) is 7.33. The van der Waals surface area contributed by atoms with Crippen LogP contribution in [0.1, 0.15) is 29.6 Å². The van der Waals surface area contributed by atoms with E-state index >= 15 is 0 Å². The lowest BCUT2D eigenvalue weighted by molar-refractivity contribution is 0.0738. The fourth-order valence-corrected chi connectivity index (χ4v) is 4.28. The third-order valence-corrected chi connectivity index (χ3v) is 5.67. The lowest BCUT2D eigenvalue weighted by atomic mass is 10.1. The van der Waals surface area contributed by atoms with E-state index in [0.29, 0.717) is 11.3 Å². The standard InChI is InChI=1S/C16H21N3OS/c1-18-10-17-12-9-11(7-8-13(12)18)16(20)19(2)14-5-4-6-15(14)21-3/h7-10,14-15H,4-6H2,1-3H3/t14-,15+/m1/s1. The highest BCUT2D eigenvalue weighted by Crippen LogP contribution is 2.32. The maximum absolute atomic E-state index is 12.7. The Labute approximate surface area is 129 Å². The Morgan fingerprint density at radius 1 is 1.43 bits per heavy atom. The van der Waals surface area contributed by atoms with Crippen molar-refractivity contribution in [2.45, 2.75) is 30.6 Å². The van der Waals surface area contributed by atoms with Gasteiger partial charge in [-0.3, -0.25) is 4.79 Å². The van der Waals surface area contributed by atoms with Gasteiger partial charge in [-0.2, -0.15) is 11.8 Å². The van der Waals surface area contributed by atoms with Crippen molar-refractivity contribution >= 4 is 28.7 Å². The molecule has 4 nitrogen and oxygen atoms in total. The van der Waals surface area contributed by atoms with Gasteiger partial charge in [0.25, 0.3) is 5.91 Å². The zero-order valence-corrected chi connectivity index (χ0v) is 13.6. The van der Waals surface area contributed by atoms with E-state index in [2.05, 4.69) is 11.2 Å². The summed E-state index contributed by atoms with van der Waals surface area (Å²) in [6.45, 7) is 0. The van der Waals surface area contributed by atoms with Crippen LogP contribution in [0, 0.1) is 0 Å². The number of nitrogens with zero attached hydrogens (tertiary/aromatic N) is 3. The fraction of sp³-hybridized carbons (Fsp3) is 0.500. The number of benzene rings is 1. The van der Waals surface area contributed by atoms with Gasteiger partial charge >= 0.3 is 0 Å². The first-order chi connectivity index (χ1) is 10.1. The van der Waals surface area contributed by atoms with Gasteiger partial charge in [0, 0.05) is 31.0 Å². The van der Waals surface area contributed by atoms with Gasteiger partial charge in [0.05, 0.1) is 17.4 Å². The highest BCUT2D eigenvalue weighted by molar-refractivity contribution is 7.99. The smallest absolute Gasteiger partial charge is 0.253 e. The van der Waals surface area contributed by atoms with Crippen LogP contribution in [0.15, 0.2) is 24.5 Å². The van der Waals surface area contributed by atoms with Gasteiger partial charge in [0.2, 0.25) is 0 Å². The summed E-state index contributed by atoms with van der Waals surface area (Å²) in [5.41, 5.74) is 2.66. The molecule has 1 aromatic heterocycles. The van der Waals surface area contributed by atoms with Crippen molar-refractivity contribution in [1.82, 2.24) is 14.5 Å². The molecule has 0 unspecified atom stereocenters. The molecule has 2 aromatic rings. The Hall–Kier alpha value is -1.49. The Balaban J connectivity index is 1.85. The molecule has 0 saturated heterocycles. The van der Waals surface area contributed by atoms with Crippen LogP contribution in [0.4, 0.5) is 0 Å². The van der Waals surface area contributed by atoms with Crippen molar-refractivity contribution in [3.8, 4) is 0 Å². The Morgan fingerprint density at radius 3 is 3.00 bits per heavy atom. The van der Waals surface area contributed by atoms with Gasteiger partial charge in [-0.1, -0.05) is 6.42 Å². The average Bonchev–Trinajstić information content (AvgIpc) is 3.12. The fourth-order valence-electron chi connectivity index (χ4n) is 3.25. The molecule has 1 amide bonds. The first kappa shape index (κ1) is 14.4. The number of hydrogen-bond acceptors (Lipinski definition) is 3. The summed E-state index contributed by atoms with van der Waals surface area (Å²) in [6.07, 6.45) is 7.46. The number of carbonyl (C=O) groups excluding carboxylic acids is 1. The summed E-state index contributed by atoms with van der Waals surface area (Å²) in [5, 5.41) is 0.567. The quantitative estimate of drug-likeness (QED) is 0.875. The predicted molar refractivity (Wildman–Crippen MR) is 87.7 cm³/mol. The molecule has 0 bridgehead atoms. The van der Waals surface area contributed by atoms with Crippen LogP contribution in [-0.2, 0) is 7.05 Å². The Bertz CT molecular complexity index is 667. The number of aromatic nitrogens is 2. The second kappa shape index (κ2) is 5.72. The molecular weight excluding hydrogens is 282 g/mol. The van der Waals surface area contributed by atoms with E-state index in [1.165, 1.54) is 12.8 Å². The molecule has 3 rings (SSSR count). The van der Waals surface area contributed by atoms with E-state index in [0.717, 1.165) is 23.0 Å². The van der Waals surface area contributed by atoms with Gasteiger partial charge in [0.1, 0.15) is 0 Å². The van der Waals surface area contributed by atoms with Gasteiger partial charge in [-0.25, -0.2) is 4.98 Å². The van der Waals surface area contributed by atoms with Crippen LogP contribution >= 0.6 is 11.8 Å². The van der Waals surface area contributed by atoms with Gasteiger partial charge in [0.15, 0.2) is 0 Å². The minimum Gasteiger partial charge on any atom is -0.338 e. The Kier molecular flexibility index (Phi) is 3.93. The van der Waals surface area contributed by atoms with Crippen LogP contribution in [0.3, 0.4) is 0 Å². The van der Waals surface area contributed by atoms with Crippen molar-refractivity contribution in [2.75, 3.05) is 13.3 Å². The molecule has 0 spiro atoms. The summed E-state index contributed by atoms with van der Waals surface area (Å²) in [4.78, 5) is 19.0. The number of fused-ring (bicyclic) bond motifs is 1. The predicted octanol–water partition coefficient (Wildman–Crippen LogP) is 2.93. The second-order valence-corrected chi connectivity index (χ2v) is 6.82. The molecule has 0 radical (unpaired) electrons. The molecule has 21 heavy (non-hydrogen) atoms. The maximum atomic E-state index is 12.7. The molecule has 0 aliphatic heterocycles. The van der Waals surface area contributed by atoms with E-state index in [1.54, 1.807) is 6.33 Å². The first-order valence-corrected chi connectivity index (χ1v) is 8.61. The summed E-state index contributed by atoms with van der Waals surface area (Å²) >= 11 is 1.88. The van der Waals surface area contributed by atoms with Crippen LogP contribution in [0.5, 0.6) is 0 Å². The van der Waals surface area contributed by atoms with Crippen LogP contribution in [-0.4, -0.2) is 45.0 Å². The van der Waals surface area contributed by atoms with E-state index < -0.39 is 0 Å². The van der Waals surface area contributed by atoms with Crippen LogP contribution in [0.2, 0.25) is 0 Å². The van der Waals surface area contributed by atoms with Crippen molar-refractivity contribution in [3.05, 3.63) is 30.1 Å². The van der Waals surface area contributed by atoms with E-state index in [-0.39, 0.29) is 5.91 Å². The number of thioether (sulfide) groups is 1. The lowest BCUT2D eigenvalue weighted by Crippen LogP contribution is -2.40. The topological polar surface area (TPSA) is 38.1 Å². The summed E-state index contributed by atoms with van der Waals surface area (Å²) in [5.74, 6) is 0.105. The van der Waals surface area contributed by atoms with Crippen molar-refractivity contribution < 1.29 is 4.79 Å². The van der Waals surface area contributed by atoms with Crippen LogP contribution < -0.4 is 0 Å². The summed E-state index contributed by atoms with van der Waals surface area (Å²) in [6, 6.07) is 6.14. The van der Waals surface area contributed by atoms with Crippen molar-refractivity contribution in [2.24, 2.45) is 7.05 Å². The number of carbonyl (C=O) groups is 1. The summed E-state index contributed by atoms with van der Waals surface area (Å²) in [7, 11) is 3.90. The highest BCUT2D eigenvalue weighted by Gasteiger charge is 2.32. The Morgan fingerprint density at radius 2 is 2.24 bits per heavy atom. The SMILES string of the molecule is CS[C@H]1CCC[C@H]1N(C)C(=O)c1ccc2c(c1)ncn2C. The van der Waals surface area contributed by atoms with E-state index in [9.17, 15) is 4.79 Å². The molecule has 1 fully saturated rings. The van der Waals surface area contributed by atoms with E-state index in [1.807, 2.05) is 53.5 Å². The lowest BCUT2D eigenvalue weighted by Gasteiger charge is -2.29. The second-order valence-electron chi connectivity index (χ2n) is 5.75. The molecule has 1 aliphatic carbocycles. The number of imidazole rings is 1. The highest BCUT2D eigenvalue weighted by atomic mass is 32.2. The summed E-state index contributed by atoms with van der Waals surface area (Å²) < 4.78 is 1.97. The minimum atomic E-state index is 0.105. The third-order valence-electron chi connectivity index (χ3n) is 4.51. The van der Waals surface area contributed by atoms with Crippen LogP contribution in [0.25, 0.3) is 11.0 Å². The number of aryl methyl sites for hydroxylation is 1. The molecule has 1 heterocycles. The third kappa shape index (κ3) is 2.55. The van der Waals surface area contributed by atoms with Crippen molar-refractivity contribution in [1.29, 1.82) is 0 Å². The largest absolute Gasteiger partial charge is 0.338 e. The zero-order valence-electron chi connectivity index (χ0n) is 12.7. The molecule has 1 aromatic carbocycles. The maximum Gasteiger partial charge on any atom is 0.253 e. The molecule has 112 valence electrons. The molecular formula is C16H21N3OS. The monoisotopic (exact) mass is 303 g/mol. The molecule has 1 saturated carbocycles. The van der Waals surface area contributed by atoms with Gasteiger partial charge in [-0.15, -0.1) is 0 Å². The molecule has 0 N–H and O–H groups in total. The normalized spacial score (nSPS) is 21.9. The van der Waals surface area contributed by atoms with Gasteiger partial charge in [-0.05, 0) is 37.3 Å². The molecule has 1 aliphatic rings. The average molecular weight is 303 g/mol. The zero-order chi connectivity index (χ0) is 15.0. The van der Waals surface area contributed by atoms with E-state index in [4.69, 9.17) is 0 Å². The number of hydrogen-bond donors (Lipinski definition) is 0. The van der Waals surface area contributed by atoms with Gasteiger partial charge < -0.3 is 9.47 Å². The molecule has 5 heteroatoms. The minimum absolute atomic E-state index is 0.105. The molecule has 2 atom stereocenters. The number of rotatable bonds is 3. The van der Waals surface area contributed by atoms with Crippen molar-refractivity contribution in [3.63, 3.8) is 0 Å².